The summed E-state index contributed by atoms with van der Waals surface area (Å²) in [5, 5.41) is 4.84. The van der Waals surface area contributed by atoms with Crippen molar-refractivity contribution in [3.05, 3.63) is 28.5 Å². The second kappa shape index (κ2) is 6.32. The molecule has 0 fully saturated rings. The minimum Gasteiger partial charge on any atom is -0.491 e. The zero-order valence-electron chi connectivity index (χ0n) is 9.03. The maximum Gasteiger partial charge on any atom is 0.209 e. The Bertz CT molecular complexity index is 478. The van der Waals surface area contributed by atoms with Gasteiger partial charge in [-0.1, -0.05) is 15.9 Å². The van der Waals surface area contributed by atoms with Crippen LogP contribution in [0.5, 0.6) is 5.75 Å². The zero-order chi connectivity index (χ0) is 12.9. The van der Waals surface area contributed by atoms with Crippen molar-refractivity contribution >= 4 is 26.0 Å². The molecule has 0 unspecified atom stereocenters. The Morgan fingerprint density at radius 2 is 2.06 bits per heavy atom. The van der Waals surface area contributed by atoms with Crippen LogP contribution in [0.4, 0.5) is 4.39 Å². The summed E-state index contributed by atoms with van der Waals surface area (Å²) < 4.78 is 40.3. The second-order valence-corrected chi connectivity index (χ2v) is 6.15. The molecule has 0 bridgehead atoms. The van der Waals surface area contributed by atoms with Gasteiger partial charge in [-0.05, 0) is 31.0 Å². The smallest absolute Gasteiger partial charge is 0.209 e. The Hall–Kier alpha value is -0.660. The number of hydrogen-bond donors (Lipinski definition) is 1. The first-order valence-electron chi connectivity index (χ1n) is 4.97. The first-order chi connectivity index (χ1) is 7.88. The van der Waals surface area contributed by atoms with Crippen molar-refractivity contribution in [3.8, 4) is 5.75 Å². The minimum atomic E-state index is -3.42. The van der Waals surface area contributed by atoms with Crippen LogP contribution in [-0.2, 0) is 10.0 Å². The lowest BCUT2D eigenvalue weighted by Gasteiger charge is -2.06. The summed E-state index contributed by atoms with van der Waals surface area (Å²) in [5.74, 6) is -0.381. The number of benzene rings is 1. The predicted molar refractivity (Wildman–Crippen MR) is 66.8 cm³/mol. The van der Waals surface area contributed by atoms with Gasteiger partial charge in [-0.3, -0.25) is 0 Å². The molecule has 4 nitrogen and oxygen atoms in total. The fourth-order valence-corrected chi connectivity index (χ4v) is 2.12. The molecule has 0 aromatic heterocycles. The van der Waals surface area contributed by atoms with Gasteiger partial charge in [-0.25, -0.2) is 17.9 Å². The van der Waals surface area contributed by atoms with Crippen molar-refractivity contribution in [1.82, 2.24) is 0 Å². The van der Waals surface area contributed by atoms with Crippen molar-refractivity contribution in [2.75, 3.05) is 12.4 Å². The average molecular weight is 326 g/mol. The molecule has 0 heterocycles. The lowest BCUT2D eigenvalue weighted by Crippen LogP contribution is -2.16. The number of primary sulfonamides is 1. The lowest BCUT2D eigenvalue weighted by atomic mass is 10.3. The highest BCUT2D eigenvalue weighted by molar-refractivity contribution is 9.10. The van der Waals surface area contributed by atoms with Crippen LogP contribution in [0.1, 0.15) is 12.8 Å². The molecular formula is C10H13BrFNO3S. The molecule has 7 heteroatoms. The zero-order valence-corrected chi connectivity index (χ0v) is 11.4. The quantitative estimate of drug-likeness (QED) is 0.813. The highest BCUT2D eigenvalue weighted by atomic mass is 79.9. The van der Waals surface area contributed by atoms with Gasteiger partial charge in [-0.15, -0.1) is 0 Å². The van der Waals surface area contributed by atoms with Gasteiger partial charge >= 0.3 is 0 Å². The van der Waals surface area contributed by atoms with E-state index in [4.69, 9.17) is 9.88 Å². The molecule has 0 saturated heterocycles. The molecule has 0 aliphatic rings. The molecule has 1 aromatic rings. The van der Waals surface area contributed by atoms with E-state index in [1.807, 2.05) is 0 Å². The van der Waals surface area contributed by atoms with E-state index in [-0.39, 0.29) is 18.1 Å². The van der Waals surface area contributed by atoms with Crippen LogP contribution in [-0.4, -0.2) is 20.8 Å². The SMILES string of the molecule is NS(=O)(=O)CCCCOc1ccc(Br)cc1F. The fourth-order valence-electron chi connectivity index (χ4n) is 1.18. The van der Waals surface area contributed by atoms with E-state index in [1.54, 1.807) is 6.07 Å². The van der Waals surface area contributed by atoms with Crippen molar-refractivity contribution in [2.45, 2.75) is 12.8 Å². The van der Waals surface area contributed by atoms with Crippen LogP contribution in [0.2, 0.25) is 0 Å². The molecule has 0 spiro atoms. The summed E-state index contributed by atoms with van der Waals surface area (Å²) in [6.45, 7) is 0.258. The van der Waals surface area contributed by atoms with E-state index >= 15 is 0 Å². The monoisotopic (exact) mass is 325 g/mol. The molecule has 0 saturated carbocycles. The largest absolute Gasteiger partial charge is 0.491 e. The van der Waals surface area contributed by atoms with Gasteiger partial charge < -0.3 is 4.74 Å². The van der Waals surface area contributed by atoms with Gasteiger partial charge in [0.1, 0.15) is 0 Å². The molecule has 0 amide bonds. The number of ether oxygens (including phenoxy) is 1. The van der Waals surface area contributed by atoms with Crippen molar-refractivity contribution in [3.63, 3.8) is 0 Å². The molecule has 0 aliphatic carbocycles. The Balaban J connectivity index is 2.32. The van der Waals surface area contributed by atoms with E-state index in [0.717, 1.165) is 0 Å². The summed E-state index contributed by atoms with van der Waals surface area (Å²) in [5.41, 5.74) is 0. The van der Waals surface area contributed by atoms with Crippen LogP contribution >= 0.6 is 15.9 Å². The Labute approximate surface area is 108 Å². The number of sulfonamides is 1. The molecule has 1 aromatic carbocycles. The summed E-state index contributed by atoms with van der Waals surface area (Å²) >= 11 is 3.14. The second-order valence-electron chi connectivity index (χ2n) is 3.50. The van der Waals surface area contributed by atoms with Crippen molar-refractivity contribution in [1.29, 1.82) is 0 Å². The van der Waals surface area contributed by atoms with Crippen LogP contribution in [0.15, 0.2) is 22.7 Å². The number of nitrogens with two attached hydrogens (primary N) is 1. The first-order valence-corrected chi connectivity index (χ1v) is 7.47. The van der Waals surface area contributed by atoms with E-state index in [9.17, 15) is 12.8 Å². The fraction of sp³-hybridized carbons (Fsp3) is 0.400. The summed E-state index contributed by atoms with van der Waals surface area (Å²) in [6, 6.07) is 4.49. The lowest BCUT2D eigenvalue weighted by molar-refractivity contribution is 0.294. The summed E-state index contributed by atoms with van der Waals surface area (Å²) in [4.78, 5) is 0. The molecule has 17 heavy (non-hydrogen) atoms. The van der Waals surface area contributed by atoms with Gasteiger partial charge in [-0.2, -0.15) is 0 Å². The number of unbranched alkanes of at least 4 members (excludes halogenated alkanes) is 1. The molecule has 96 valence electrons. The predicted octanol–water partition coefficient (Wildman–Crippen LogP) is 2.04. The molecular weight excluding hydrogens is 313 g/mol. The number of rotatable bonds is 6. The van der Waals surface area contributed by atoms with Crippen molar-refractivity contribution < 1.29 is 17.5 Å². The topological polar surface area (TPSA) is 69.4 Å². The highest BCUT2D eigenvalue weighted by Gasteiger charge is 2.05. The summed E-state index contributed by atoms with van der Waals surface area (Å²) in [6.07, 6.45) is 0.906. The molecule has 2 N–H and O–H groups in total. The molecule has 0 aliphatic heterocycles. The Morgan fingerprint density at radius 1 is 1.35 bits per heavy atom. The Morgan fingerprint density at radius 3 is 2.65 bits per heavy atom. The third-order valence-electron chi connectivity index (χ3n) is 1.97. The van der Waals surface area contributed by atoms with Gasteiger partial charge in [0.25, 0.3) is 0 Å². The van der Waals surface area contributed by atoms with Gasteiger partial charge in [0, 0.05) is 4.47 Å². The van der Waals surface area contributed by atoms with Gasteiger partial charge in [0.05, 0.1) is 12.4 Å². The van der Waals surface area contributed by atoms with Crippen molar-refractivity contribution in [2.24, 2.45) is 5.14 Å². The van der Waals surface area contributed by atoms with E-state index in [1.165, 1.54) is 12.1 Å². The molecule has 1 rings (SSSR count). The van der Waals surface area contributed by atoms with Crippen LogP contribution in [0.25, 0.3) is 0 Å². The minimum absolute atomic E-state index is 0.0841. The highest BCUT2D eigenvalue weighted by Crippen LogP contribution is 2.21. The summed E-state index contributed by atoms with van der Waals surface area (Å²) in [7, 11) is -3.42. The Kier molecular flexibility index (Phi) is 5.35. The third kappa shape index (κ3) is 5.99. The average Bonchev–Trinajstić information content (AvgIpc) is 2.18. The number of halogens is 2. The van der Waals surface area contributed by atoms with Crippen LogP contribution in [0.3, 0.4) is 0 Å². The normalized spacial score (nSPS) is 11.5. The van der Waals surface area contributed by atoms with E-state index < -0.39 is 15.8 Å². The number of hydrogen-bond acceptors (Lipinski definition) is 3. The van der Waals surface area contributed by atoms with E-state index in [0.29, 0.717) is 17.3 Å². The maximum atomic E-state index is 13.3. The molecule has 0 radical (unpaired) electrons. The van der Waals surface area contributed by atoms with Crippen LogP contribution in [0, 0.1) is 5.82 Å². The van der Waals surface area contributed by atoms with Gasteiger partial charge in [0.2, 0.25) is 10.0 Å². The van der Waals surface area contributed by atoms with E-state index in [2.05, 4.69) is 15.9 Å². The van der Waals surface area contributed by atoms with Crippen LogP contribution < -0.4 is 9.88 Å². The maximum absolute atomic E-state index is 13.3. The standard InChI is InChI=1S/C10H13BrFNO3S/c11-8-3-4-10(9(12)7-8)16-5-1-2-6-17(13,14)15/h3-4,7H,1-2,5-6H2,(H2,13,14,15). The molecule has 0 atom stereocenters. The first kappa shape index (κ1) is 14.4. The van der Waals surface area contributed by atoms with Gasteiger partial charge in [0.15, 0.2) is 11.6 Å². The third-order valence-corrected chi connectivity index (χ3v) is 3.33.